The van der Waals surface area contributed by atoms with Gasteiger partial charge in [0.05, 0.1) is 13.0 Å². The maximum atomic E-state index is 10.8. The number of carboxylic acids is 1. The van der Waals surface area contributed by atoms with E-state index in [1.54, 1.807) is 13.3 Å². The molecule has 17 heavy (non-hydrogen) atoms. The normalized spacial score (nSPS) is 20.4. The van der Waals surface area contributed by atoms with Crippen LogP contribution in [0.15, 0.2) is 18.3 Å². The number of aromatic nitrogens is 1. The third-order valence-electron chi connectivity index (χ3n) is 3.03. The molecule has 1 atom stereocenters. The number of carbonyl (C=O) groups is 1. The van der Waals surface area contributed by atoms with E-state index in [1.165, 1.54) is 0 Å². The van der Waals surface area contributed by atoms with Gasteiger partial charge < -0.3 is 9.84 Å². The van der Waals surface area contributed by atoms with Crippen molar-refractivity contribution >= 4 is 5.97 Å². The number of rotatable bonds is 4. The van der Waals surface area contributed by atoms with Crippen LogP contribution in [0.25, 0.3) is 0 Å². The van der Waals surface area contributed by atoms with Gasteiger partial charge in [0.2, 0.25) is 5.88 Å². The molecule has 1 aliphatic rings. The van der Waals surface area contributed by atoms with Crippen molar-refractivity contribution in [2.45, 2.75) is 13.0 Å². The average Bonchev–Trinajstić information content (AvgIpc) is 2.79. The number of likely N-dealkylation sites (tertiary alicyclic amines) is 1. The zero-order valence-electron chi connectivity index (χ0n) is 9.80. The lowest BCUT2D eigenvalue weighted by Gasteiger charge is -2.14. The maximum absolute atomic E-state index is 10.8. The van der Waals surface area contributed by atoms with E-state index >= 15 is 0 Å². The third kappa shape index (κ3) is 2.94. The van der Waals surface area contributed by atoms with Crippen LogP contribution in [0.5, 0.6) is 5.88 Å². The summed E-state index contributed by atoms with van der Waals surface area (Å²) in [5, 5.41) is 8.91. The first-order valence-corrected chi connectivity index (χ1v) is 5.63. The van der Waals surface area contributed by atoms with E-state index in [0.717, 1.165) is 25.1 Å². The van der Waals surface area contributed by atoms with Crippen LogP contribution in [0.4, 0.5) is 0 Å². The molecule has 0 spiro atoms. The summed E-state index contributed by atoms with van der Waals surface area (Å²) in [6.07, 6.45) is 2.51. The topological polar surface area (TPSA) is 62.7 Å². The summed E-state index contributed by atoms with van der Waals surface area (Å²) in [6, 6.07) is 3.78. The molecule has 0 bridgehead atoms. The second-order valence-electron chi connectivity index (χ2n) is 4.27. The smallest absolute Gasteiger partial charge is 0.307 e. The van der Waals surface area contributed by atoms with Gasteiger partial charge in [-0.15, -0.1) is 0 Å². The van der Waals surface area contributed by atoms with E-state index in [0.29, 0.717) is 12.4 Å². The van der Waals surface area contributed by atoms with Gasteiger partial charge in [0.1, 0.15) is 0 Å². The Balaban J connectivity index is 1.91. The van der Waals surface area contributed by atoms with E-state index < -0.39 is 5.97 Å². The molecule has 1 saturated heterocycles. The molecule has 92 valence electrons. The van der Waals surface area contributed by atoms with Gasteiger partial charge in [-0.05, 0) is 18.5 Å². The van der Waals surface area contributed by atoms with Crippen molar-refractivity contribution in [3.63, 3.8) is 0 Å². The molecule has 0 amide bonds. The molecule has 5 nitrogen and oxygen atoms in total. The van der Waals surface area contributed by atoms with Crippen LogP contribution >= 0.6 is 0 Å². The first kappa shape index (κ1) is 11.9. The number of carboxylic acid groups (broad SMARTS) is 1. The standard InChI is InChI=1S/C12H16N2O3/c1-17-11-3-2-9(6-13-11)7-14-5-4-10(8-14)12(15)16/h2-3,6,10H,4-5,7-8H2,1H3,(H,15,16). The quantitative estimate of drug-likeness (QED) is 0.844. The van der Waals surface area contributed by atoms with E-state index in [9.17, 15) is 4.79 Å². The Morgan fingerprint density at radius 3 is 3.00 bits per heavy atom. The summed E-state index contributed by atoms with van der Waals surface area (Å²) in [4.78, 5) is 17.1. The predicted molar refractivity (Wildman–Crippen MR) is 61.8 cm³/mol. The molecule has 0 radical (unpaired) electrons. The Labute approximate surface area is 100 Å². The predicted octanol–water partition coefficient (Wildman–Crippen LogP) is 0.997. The molecule has 1 fully saturated rings. The van der Waals surface area contributed by atoms with Gasteiger partial charge in [0.15, 0.2) is 0 Å². The van der Waals surface area contributed by atoms with Crippen LogP contribution in [-0.2, 0) is 11.3 Å². The lowest BCUT2D eigenvalue weighted by atomic mass is 10.1. The summed E-state index contributed by atoms with van der Waals surface area (Å²) < 4.78 is 4.99. The Hall–Kier alpha value is -1.62. The number of aliphatic carboxylic acids is 1. The second-order valence-corrected chi connectivity index (χ2v) is 4.27. The molecule has 1 N–H and O–H groups in total. The van der Waals surface area contributed by atoms with Crippen molar-refractivity contribution in [1.29, 1.82) is 0 Å². The lowest BCUT2D eigenvalue weighted by molar-refractivity contribution is -0.141. The Kier molecular flexibility index (Phi) is 3.58. The number of methoxy groups -OCH3 is 1. The maximum Gasteiger partial charge on any atom is 0.307 e. The van der Waals surface area contributed by atoms with E-state index in [-0.39, 0.29) is 5.92 Å². The first-order chi connectivity index (χ1) is 8.19. The third-order valence-corrected chi connectivity index (χ3v) is 3.03. The van der Waals surface area contributed by atoms with Gasteiger partial charge >= 0.3 is 5.97 Å². The molecule has 2 heterocycles. The van der Waals surface area contributed by atoms with Crippen LogP contribution in [-0.4, -0.2) is 41.2 Å². The van der Waals surface area contributed by atoms with E-state index in [1.807, 2.05) is 12.1 Å². The van der Waals surface area contributed by atoms with Crippen LogP contribution < -0.4 is 4.74 Å². The first-order valence-electron chi connectivity index (χ1n) is 5.63. The molecule has 0 saturated carbocycles. The molecule has 1 aliphatic heterocycles. The Morgan fingerprint density at radius 1 is 1.65 bits per heavy atom. The minimum Gasteiger partial charge on any atom is -0.481 e. The van der Waals surface area contributed by atoms with Crippen molar-refractivity contribution in [3.05, 3.63) is 23.9 Å². The summed E-state index contributed by atoms with van der Waals surface area (Å²) in [6.45, 7) is 2.21. The van der Waals surface area contributed by atoms with Gasteiger partial charge in [-0.1, -0.05) is 6.07 Å². The van der Waals surface area contributed by atoms with Gasteiger partial charge in [0, 0.05) is 25.4 Å². The molecule has 1 aromatic heterocycles. The minimum atomic E-state index is -0.694. The van der Waals surface area contributed by atoms with Crippen molar-refractivity contribution in [2.24, 2.45) is 5.92 Å². The zero-order chi connectivity index (χ0) is 12.3. The average molecular weight is 236 g/mol. The number of pyridine rings is 1. The van der Waals surface area contributed by atoms with Gasteiger partial charge in [-0.3, -0.25) is 9.69 Å². The molecule has 1 aromatic rings. The Morgan fingerprint density at radius 2 is 2.47 bits per heavy atom. The molecule has 2 rings (SSSR count). The second kappa shape index (κ2) is 5.14. The fourth-order valence-corrected chi connectivity index (χ4v) is 2.06. The number of nitrogens with zero attached hydrogens (tertiary/aromatic N) is 2. The van der Waals surface area contributed by atoms with Crippen molar-refractivity contribution in [3.8, 4) is 5.88 Å². The van der Waals surface area contributed by atoms with Crippen molar-refractivity contribution in [2.75, 3.05) is 20.2 Å². The van der Waals surface area contributed by atoms with Crippen molar-refractivity contribution in [1.82, 2.24) is 9.88 Å². The Bertz CT molecular complexity index is 391. The van der Waals surface area contributed by atoms with Crippen molar-refractivity contribution < 1.29 is 14.6 Å². The zero-order valence-corrected chi connectivity index (χ0v) is 9.80. The minimum absolute atomic E-state index is 0.221. The summed E-state index contributed by atoms with van der Waals surface area (Å²) in [5.74, 6) is -0.319. The molecule has 5 heteroatoms. The lowest BCUT2D eigenvalue weighted by Crippen LogP contribution is -2.22. The molecular formula is C12H16N2O3. The molecular weight excluding hydrogens is 220 g/mol. The largest absolute Gasteiger partial charge is 0.481 e. The number of hydrogen-bond acceptors (Lipinski definition) is 4. The van der Waals surface area contributed by atoms with Crippen LogP contribution in [0.1, 0.15) is 12.0 Å². The van der Waals surface area contributed by atoms with E-state index in [4.69, 9.17) is 9.84 Å². The van der Waals surface area contributed by atoms with Gasteiger partial charge in [-0.2, -0.15) is 0 Å². The molecule has 0 aliphatic carbocycles. The SMILES string of the molecule is COc1ccc(CN2CCC(C(=O)O)C2)cn1. The van der Waals surface area contributed by atoms with Crippen LogP contribution in [0.2, 0.25) is 0 Å². The van der Waals surface area contributed by atoms with Crippen LogP contribution in [0.3, 0.4) is 0 Å². The van der Waals surface area contributed by atoms with E-state index in [2.05, 4.69) is 9.88 Å². The summed E-state index contributed by atoms with van der Waals surface area (Å²) in [5.41, 5.74) is 1.08. The summed E-state index contributed by atoms with van der Waals surface area (Å²) in [7, 11) is 1.58. The fraction of sp³-hybridized carbons (Fsp3) is 0.500. The monoisotopic (exact) mass is 236 g/mol. The molecule has 1 unspecified atom stereocenters. The highest BCUT2D eigenvalue weighted by Gasteiger charge is 2.27. The highest BCUT2D eigenvalue weighted by atomic mass is 16.5. The highest BCUT2D eigenvalue weighted by Crippen LogP contribution is 2.19. The fourth-order valence-electron chi connectivity index (χ4n) is 2.06. The number of ether oxygens (including phenoxy) is 1. The summed E-state index contributed by atoms with van der Waals surface area (Å²) >= 11 is 0. The molecule has 0 aromatic carbocycles. The highest BCUT2D eigenvalue weighted by molar-refractivity contribution is 5.70. The van der Waals surface area contributed by atoms with Gasteiger partial charge in [0.25, 0.3) is 0 Å². The van der Waals surface area contributed by atoms with Gasteiger partial charge in [-0.25, -0.2) is 4.98 Å². The van der Waals surface area contributed by atoms with Crippen LogP contribution in [0, 0.1) is 5.92 Å². The number of hydrogen-bond donors (Lipinski definition) is 1.